The largest absolute Gasteiger partial charge is 0.309 e. The van der Waals surface area contributed by atoms with Gasteiger partial charge >= 0.3 is 0 Å². The van der Waals surface area contributed by atoms with E-state index < -0.39 is 0 Å². The van der Waals surface area contributed by atoms with E-state index in [-0.39, 0.29) is 5.56 Å². The molecule has 1 N–H and O–H groups in total. The van der Waals surface area contributed by atoms with Gasteiger partial charge in [0.25, 0.3) is 5.56 Å². The van der Waals surface area contributed by atoms with Crippen LogP contribution < -0.4 is 5.56 Å². The lowest BCUT2D eigenvalue weighted by Crippen LogP contribution is -2.11. The van der Waals surface area contributed by atoms with Gasteiger partial charge in [0.15, 0.2) is 0 Å². The molecule has 0 aliphatic heterocycles. The van der Waals surface area contributed by atoms with E-state index in [0.717, 1.165) is 14.9 Å². The highest BCUT2D eigenvalue weighted by molar-refractivity contribution is 9.10. The van der Waals surface area contributed by atoms with Crippen LogP contribution in [0.3, 0.4) is 0 Å². The number of hydrogen-bond acceptors (Lipinski definition) is 3. The summed E-state index contributed by atoms with van der Waals surface area (Å²) < 4.78 is 1.05. The molecule has 3 aromatic rings. The molecule has 5 heteroatoms. The van der Waals surface area contributed by atoms with E-state index >= 15 is 0 Å². The van der Waals surface area contributed by atoms with Crippen molar-refractivity contribution in [1.29, 1.82) is 0 Å². The average Bonchev–Trinajstić information content (AvgIpc) is 2.47. The van der Waals surface area contributed by atoms with Crippen LogP contribution in [-0.2, 0) is 5.75 Å². The minimum atomic E-state index is -0.0815. The van der Waals surface area contributed by atoms with Crippen LogP contribution in [0.2, 0.25) is 0 Å². The first kappa shape index (κ1) is 13.4. The molecule has 0 atom stereocenters. The van der Waals surface area contributed by atoms with Crippen LogP contribution in [0, 0.1) is 0 Å². The summed E-state index contributed by atoms with van der Waals surface area (Å²) in [5.74, 6) is 1.34. The van der Waals surface area contributed by atoms with Gasteiger partial charge in [-0.3, -0.25) is 4.79 Å². The number of H-pyrrole nitrogens is 1. The zero-order chi connectivity index (χ0) is 13.9. The summed E-state index contributed by atoms with van der Waals surface area (Å²) in [5.41, 5.74) is 0.657. The second-order valence-electron chi connectivity index (χ2n) is 4.27. The molecule has 0 unspecified atom stereocenters. The van der Waals surface area contributed by atoms with Gasteiger partial charge in [-0.2, -0.15) is 0 Å². The maximum atomic E-state index is 11.9. The third kappa shape index (κ3) is 2.94. The first-order valence-corrected chi connectivity index (χ1v) is 7.86. The number of aromatic nitrogens is 2. The molecule has 0 aliphatic carbocycles. The quantitative estimate of drug-likeness (QED) is 0.729. The smallest absolute Gasteiger partial charge is 0.258 e. The lowest BCUT2D eigenvalue weighted by Gasteiger charge is -2.03. The number of benzene rings is 2. The summed E-state index contributed by atoms with van der Waals surface area (Å²) in [4.78, 5) is 20.4. The van der Waals surface area contributed by atoms with Gasteiger partial charge in [-0.25, -0.2) is 4.98 Å². The third-order valence-electron chi connectivity index (χ3n) is 2.85. The number of hydrogen-bond donors (Lipinski definition) is 1. The number of nitrogens with zero attached hydrogens (tertiary/aromatic N) is 1. The van der Waals surface area contributed by atoms with Crippen molar-refractivity contribution in [1.82, 2.24) is 9.97 Å². The lowest BCUT2D eigenvalue weighted by atomic mass is 10.2. The van der Waals surface area contributed by atoms with Gasteiger partial charge in [0, 0.05) is 9.37 Å². The summed E-state index contributed by atoms with van der Waals surface area (Å²) >= 11 is 5.06. The highest BCUT2D eigenvalue weighted by Crippen LogP contribution is 2.23. The molecule has 0 radical (unpaired) electrons. The Bertz CT molecular complexity index is 799. The van der Waals surface area contributed by atoms with E-state index in [1.54, 1.807) is 17.8 Å². The van der Waals surface area contributed by atoms with Crippen LogP contribution >= 0.6 is 27.7 Å². The van der Waals surface area contributed by atoms with Crippen molar-refractivity contribution >= 4 is 38.6 Å². The van der Waals surface area contributed by atoms with Gasteiger partial charge < -0.3 is 4.98 Å². The number of nitrogens with one attached hydrogen (secondary N) is 1. The monoisotopic (exact) mass is 346 g/mol. The minimum Gasteiger partial charge on any atom is -0.309 e. The van der Waals surface area contributed by atoms with Crippen LogP contribution in [0.5, 0.6) is 0 Å². The fraction of sp³-hybridized carbons (Fsp3) is 0.0667. The SMILES string of the molecule is O=c1[nH]c(CSc2ccc(Br)cc2)nc2ccccc12. The summed E-state index contributed by atoms with van der Waals surface area (Å²) in [6, 6.07) is 15.4. The molecule has 0 saturated carbocycles. The Labute approximate surface area is 128 Å². The normalized spacial score (nSPS) is 10.8. The van der Waals surface area contributed by atoms with Crippen molar-refractivity contribution in [3.05, 3.63) is 69.2 Å². The Hall–Kier alpha value is -1.59. The predicted molar refractivity (Wildman–Crippen MR) is 86.1 cm³/mol. The number of thioether (sulfide) groups is 1. The second kappa shape index (κ2) is 5.81. The van der Waals surface area contributed by atoms with Gasteiger partial charge in [-0.05, 0) is 36.4 Å². The van der Waals surface area contributed by atoms with E-state index in [4.69, 9.17) is 0 Å². The average molecular weight is 347 g/mol. The fourth-order valence-electron chi connectivity index (χ4n) is 1.89. The first-order valence-electron chi connectivity index (χ1n) is 6.09. The standard InChI is InChI=1S/C15H11BrN2OS/c16-10-5-7-11(8-6-10)20-9-14-17-13-4-2-1-3-12(13)15(19)18-14/h1-8H,9H2,(H,17,18,19). The van der Waals surface area contributed by atoms with Gasteiger partial charge in [0.05, 0.1) is 16.7 Å². The molecule has 2 aromatic carbocycles. The maximum Gasteiger partial charge on any atom is 0.258 e. The molecule has 100 valence electrons. The predicted octanol–water partition coefficient (Wildman–Crippen LogP) is 3.98. The molecule has 3 nitrogen and oxygen atoms in total. The first-order chi connectivity index (χ1) is 9.72. The number of para-hydroxylation sites is 1. The van der Waals surface area contributed by atoms with Gasteiger partial charge in [-0.1, -0.05) is 28.1 Å². The fourth-order valence-corrected chi connectivity index (χ4v) is 2.92. The van der Waals surface area contributed by atoms with Crippen molar-refractivity contribution in [2.45, 2.75) is 10.6 Å². The molecule has 0 bridgehead atoms. The molecule has 3 rings (SSSR count). The van der Waals surface area contributed by atoms with E-state index in [2.05, 4.69) is 25.9 Å². The number of aromatic amines is 1. The molecular weight excluding hydrogens is 336 g/mol. The Balaban J connectivity index is 1.84. The number of rotatable bonds is 3. The molecule has 0 saturated heterocycles. The van der Waals surface area contributed by atoms with Crippen molar-refractivity contribution in [2.24, 2.45) is 0 Å². The zero-order valence-electron chi connectivity index (χ0n) is 10.5. The molecule has 0 spiro atoms. The van der Waals surface area contributed by atoms with E-state index in [9.17, 15) is 4.79 Å². The molecular formula is C15H11BrN2OS. The molecule has 0 fully saturated rings. The Kier molecular flexibility index (Phi) is 3.89. The summed E-state index contributed by atoms with van der Waals surface area (Å²) in [5, 5.41) is 0.630. The highest BCUT2D eigenvalue weighted by atomic mass is 79.9. The molecule has 0 aliphatic rings. The topological polar surface area (TPSA) is 45.8 Å². The van der Waals surface area contributed by atoms with Crippen LogP contribution in [0.1, 0.15) is 5.82 Å². The van der Waals surface area contributed by atoms with Gasteiger partial charge in [0.1, 0.15) is 5.82 Å². The summed E-state index contributed by atoms with van der Waals surface area (Å²) in [7, 11) is 0. The molecule has 0 amide bonds. The van der Waals surface area contributed by atoms with Crippen LogP contribution in [0.15, 0.2) is 62.7 Å². The van der Waals surface area contributed by atoms with Crippen molar-refractivity contribution < 1.29 is 0 Å². The van der Waals surface area contributed by atoms with Crippen LogP contribution in [0.25, 0.3) is 10.9 Å². The van der Waals surface area contributed by atoms with Crippen LogP contribution in [-0.4, -0.2) is 9.97 Å². The minimum absolute atomic E-state index is 0.0815. The van der Waals surface area contributed by atoms with Gasteiger partial charge in [-0.15, -0.1) is 11.8 Å². The van der Waals surface area contributed by atoms with Gasteiger partial charge in [0.2, 0.25) is 0 Å². The Morgan fingerprint density at radius 2 is 1.85 bits per heavy atom. The van der Waals surface area contributed by atoms with E-state index in [0.29, 0.717) is 17.0 Å². The van der Waals surface area contributed by atoms with Crippen molar-refractivity contribution in [3.63, 3.8) is 0 Å². The summed E-state index contributed by atoms with van der Waals surface area (Å²) in [6.45, 7) is 0. The highest BCUT2D eigenvalue weighted by Gasteiger charge is 2.03. The summed E-state index contributed by atoms with van der Waals surface area (Å²) in [6.07, 6.45) is 0. The lowest BCUT2D eigenvalue weighted by molar-refractivity contribution is 1.04. The number of fused-ring (bicyclic) bond motifs is 1. The Morgan fingerprint density at radius 1 is 1.10 bits per heavy atom. The maximum absolute atomic E-state index is 11.9. The molecule has 1 heterocycles. The zero-order valence-corrected chi connectivity index (χ0v) is 12.9. The van der Waals surface area contributed by atoms with E-state index in [1.165, 1.54) is 0 Å². The van der Waals surface area contributed by atoms with Crippen molar-refractivity contribution in [2.75, 3.05) is 0 Å². The second-order valence-corrected chi connectivity index (χ2v) is 6.24. The Morgan fingerprint density at radius 3 is 2.65 bits per heavy atom. The van der Waals surface area contributed by atoms with E-state index in [1.807, 2.05) is 42.5 Å². The van der Waals surface area contributed by atoms with Crippen LogP contribution in [0.4, 0.5) is 0 Å². The number of halogens is 1. The third-order valence-corrected chi connectivity index (χ3v) is 4.40. The molecule has 20 heavy (non-hydrogen) atoms. The molecule has 1 aromatic heterocycles. The van der Waals surface area contributed by atoms with Crippen molar-refractivity contribution in [3.8, 4) is 0 Å².